The van der Waals surface area contributed by atoms with Crippen molar-refractivity contribution < 1.29 is 4.79 Å². The molecule has 0 unspecified atom stereocenters. The standard InChI is InChI=1S/C16H20N4O/c1-10(2)8-9-12-11(3)19-20(15(12)21)16-17-13-6-4-5-7-14(13)18-16/h4-7,10,12H,8-9H2,1-3H3,(H,17,18)/t12-/m0/s1. The van der Waals surface area contributed by atoms with E-state index in [0.717, 1.165) is 29.6 Å². The number of carbonyl (C=O) groups is 1. The molecule has 1 aliphatic rings. The number of benzene rings is 1. The summed E-state index contributed by atoms with van der Waals surface area (Å²) in [6, 6.07) is 7.73. The Bertz CT molecular complexity index is 668. The fourth-order valence-electron chi connectivity index (χ4n) is 2.63. The molecule has 2 heterocycles. The zero-order chi connectivity index (χ0) is 15.0. The first kappa shape index (κ1) is 13.8. The first-order valence-corrected chi connectivity index (χ1v) is 7.40. The van der Waals surface area contributed by atoms with Gasteiger partial charge in [0.25, 0.3) is 5.91 Å². The van der Waals surface area contributed by atoms with Crippen molar-refractivity contribution in [1.82, 2.24) is 9.97 Å². The summed E-state index contributed by atoms with van der Waals surface area (Å²) in [4.78, 5) is 20.2. The van der Waals surface area contributed by atoms with Gasteiger partial charge < -0.3 is 4.98 Å². The van der Waals surface area contributed by atoms with Crippen LogP contribution >= 0.6 is 0 Å². The van der Waals surface area contributed by atoms with Crippen LogP contribution in [-0.2, 0) is 4.79 Å². The first-order chi connectivity index (χ1) is 10.1. The van der Waals surface area contributed by atoms with Crippen LogP contribution < -0.4 is 5.01 Å². The normalized spacial score (nSPS) is 18.9. The maximum absolute atomic E-state index is 12.6. The summed E-state index contributed by atoms with van der Waals surface area (Å²) in [5.41, 5.74) is 2.64. The minimum Gasteiger partial charge on any atom is -0.322 e. The summed E-state index contributed by atoms with van der Waals surface area (Å²) < 4.78 is 0. The van der Waals surface area contributed by atoms with E-state index in [2.05, 4.69) is 28.9 Å². The predicted molar refractivity (Wildman–Crippen MR) is 84.3 cm³/mol. The van der Waals surface area contributed by atoms with E-state index < -0.39 is 0 Å². The lowest BCUT2D eigenvalue weighted by Gasteiger charge is -2.12. The summed E-state index contributed by atoms with van der Waals surface area (Å²) in [6.45, 7) is 6.26. The van der Waals surface area contributed by atoms with Crippen LogP contribution in [-0.4, -0.2) is 21.6 Å². The monoisotopic (exact) mass is 284 g/mol. The van der Waals surface area contributed by atoms with Gasteiger partial charge in [0.1, 0.15) is 0 Å². The van der Waals surface area contributed by atoms with Crippen molar-refractivity contribution >= 4 is 28.6 Å². The van der Waals surface area contributed by atoms with Gasteiger partial charge in [-0.1, -0.05) is 26.0 Å². The van der Waals surface area contributed by atoms with Crippen molar-refractivity contribution in [3.05, 3.63) is 24.3 Å². The van der Waals surface area contributed by atoms with Gasteiger partial charge >= 0.3 is 0 Å². The van der Waals surface area contributed by atoms with Gasteiger partial charge in [-0.25, -0.2) is 4.98 Å². The second-order valence-corrected chi connectivity index (χ2v) is 5.99. The van der Waals surface area contributed by atoms with E-state index in [9.17, 15) is 4.79 Å². The molecule has 0 aliphatic carbocycles. The molecule has 2 aromatic rings. The van der Waals surface area contributed by atoms with Gasteiger partial charge in [-0.05, 0) is 37.8 Å². The van der Waals surface area contributed by atoms with Crippen LogP contribution in [0, 0.1) is 11.8 Å². The molecule has 21 heavy (non-hydrogen) atoms. The molecule has 1 aromatic carbocycles. The third kappa shape index (κ3) is 2.55. The van der Waals surface area contributed by atoms with E-state index in [4.69, 9.17) is 0 Å². The number of hydrogen-bond donors (Lipinski definition) is 1. The van der Waals surface area contributed by atoms with Crippen molar-refractivity contribution in [2.45, 2.75) is 33.6 Å². The Morgan fingerprint density at radius 3 is 2.81 bits per heavy atom. The molecule has 0 bridgehead atoms. The topological polar surface area (TPSA) is 61.4 Å². The Kier molecular flexibility index (Phi) is 3.49. The first-order valence-electron chi connectivity index (χ1n) is 7.40. The SMILES string of the molecule is CC1=NN(c2nc3ccccc3[nH]2)C(=O)[C@H]1CCC(C)C. The molecule has 1 aliphatic heterocycles. The quantitative estimate of drug-likeness (QED) is 0.936. The molecule has 110 valence electrons. The number of para-hydroxylation sites is 2. The van der Waals surface area contributed by atoms with Crippen LogP contribution in [0.5, 0.6) is 0 Å². The van der Waals surface area contributed by atoms with E-state index in [1.54, 1.807) is 0 Å². The number of hydrazone groups is 1. The molecule has 1 amide bonds. The average Bonchev–Trinajstić information content (AvgIpc) is 2.98. The van der Waals surface area contributed by atoms with Crippen molar-refractivity contribution in [1.29, 1.82) is 0 Å². The van der Waals surface area contributed by atoms with Crippen molar-refractivity contribution in [2.75, 3.05) is 5.01 Å². The summed E-state index contributed by atoms with van der Waals surface area (Å²) in [6.07, 6.45) is 1.87. The van der Waals surface area contributed by atoms with Gasteiger partial charge in [-0.15, -0.1) is 0 Å². The molecule has 0 fully saturated rings. The highest BCUT2D eigenvalue weighted by Crippen LogP contribution is 2.27. The molecule has 1 atom stereocenters. The fraction of sp³-hybridized carbons (Fsp3) is 0.438. The van der Waals surface area contributed by atoms with Crippen molar-refractivity contribution in [3.63, 3.8) is 0 Å². The summed E-state index contributed by atoms with van der Waals surface area (Å²) in [7, 11) is 0. The molecule has 5 nitrogen and oxygen atoms in total. The number of H-pyrrole nitrogens is 1. The fourth-order valence-corrected chi connectivity index (χ4v) is 2.63. The summed E-state index contributed by atoms with van der Waals surface area (Å²) in [5.74, 6) is 1.01. The van der Waals surface area contributed by atoms with Gasteiger partial charge in [0, 0.05) is 5.71 Å². The highest BCUT2D eigenvalue weighted by atomic mass is 16.2. The van der Waals surface area contributed by atoms with Crippen LogP contribution in [0.3, 0.4) is 0 Å². The van der Waals surface area contributed by atoms with Crippen LogP contribution in [0.25, 0.3) is 11.0 Å². The minimum absolute atomic E-state index is 0.0206. The number of aromatic amines is 1. The highest BCUT2D eigenvalue weighted by Gasteiger charge is 2.35. The number of imidazole rings is 1. The largest absolute Gasteiger partial charge is 0.322 e. The molecule has 3 rings (SSSR count). The molecule has 1 aromatic heterocycles. The van der Waals surface area contributed by atoms with Crippen molar-refractivity contribution in [3.8, 4) is 0 Å². The summed E-state index contributed by atoms with van der Waals surface area (Å²) >= 11 is 0. The van der Waals surface area contributed by atoms with E-state index in [0.29, 0.717) is 11.9 Å². The lowest BCUT2D eigenvalue weighted by molar-refractivity contribution is -0.120. The summed E-state index contributed by atoms with van der Waals surface area (Å²) in [5, 5.41) is 5.82. The number of amides is 1. The van der Waals surface area contributed by atoms with E-state index >= 15 is 0 Å². The van der Waals surface area contributed by atoms with Crippen LogP contribution in [0.1, 0.15) is 33.6 Å². The number of nitrogens with zero attached hydrogens (tertiary/aromatic N) is 3. The molecule has 0 saturated heterocycles. The number of hydrogen-bond acceptors (Lipinski definition) is 3. The second kappa shape index (κ2) is 5.31. The smallest absolute Gasteiger partial charge is 0.258 e. The molecule has 5 heteroatoms. The molecule has 0 saturated carbocycles. The zero-order valence-corrected chi connectivity index (χ0v) is 12.6. The third-order valence-electron chi connectivity index (χ3n) is 3.88. The van der Waals surface area contributed by atoms with Crippen LogP contribution in [0.15, 0.2) is 29.4 Å². The predicted octanol–water partition coefficient (Wildman–Crippen LogP) is 3.34. The van der Waals surface area contributed by atoms with E-state index in [-0.39, 0.29) is 11.8 Å². The second-order valence-electron chi connectivity index (χ2n) is 5.99. The Hall–Kier alpha value is -2.17. The maximum atomic E-state index is 12.6. The van der Waals surface area contributed by atoms with E-state index in [1.807, 2.05) is 31.2 Å². The van der Waals surface area contributed by atoms with Crippen LogP contribution in [0.4, 0.5) is 5.95 Å². The van der Waals surface area contributed by atoms with Gasteiger partial charge in [0.15, 0.2) is 0 Å². The lowest BCUT2D eigenvalue weighted by atomic mass is 9.94. The number of carbonyl (C=O) groups excluding carboxylic acids is 1. The minimum atomic E-state index is -0.111. The van der Waals surface area contributed by atoms with Gasteiger partial charge in [0.05, 0.1) is 17.0 Å². The van der Waals surface area contributed by atoms with Gasteiger partial charge in [0.2, 0.25) is 5.95 Å². The third-order valence-corrected chi connectivity index (χ3v) is 3.88. The number of aromatic nitrogens is 2. The van der Waals surface area contributed by atoms with E-state index in [1.165, 1.54) is 5.01 Å². The lowest BCUT2D eigenvalue weighted by Crippen LogP contribution is -2.28. The number of nitrogens with one attached hydrogen (secondary N) is 1. The average molecular weight is 284 g/mol. The Labute approximate surface area is 124 Å². The number of anilines is 1. The molecule has 0 radical (unpaired) electrons. The van der Waals surface area contributed by atoms with Crippen molar-refractivity contribution in [2.24, 2.45) is 16.9 Å². The Morgan fingerprint density at radius 2 is 2.10 bits per heavy atom. The molecule has 0 spiro atoms. The molecule has 1 N–H and O–H groups in total. The number of fused-ring (bicyclic) bond motifs is 1. The van der Waals surface area contributed by atoms with Gasteiger partial charge in [-0.2, -0.15) is 10.1 Å². The highest BCUT2D eigenvalue weighted by molar-refractivity contribution is 6.14. The maximum Gasteiger partial charge on any atom is 0.258 e. The van der Waals surface area contributed by atoms with Gasteiger partial charge in [-0.3, -0.25) is 4.79 Å². The number of rotatable bonds is 4. The molecular weight excluding hydrogens is 264 g/mol. The van der Waals surface area contributed by atoms with Crippen LogP contribution in [0.2, 0.25) is 0 Å². The Morgan fingerprint density at radius 1 is 1.33 bits per heavy atom. The Balaban J connectivity index is 1.85. The zero-order valence-electron chi connectivity index (χ0n) is 12.6. The molecular formula is C16H20N4O.